The zero-order valence-electron chi connectivity index (χ0n) is 11.4. The van der Waals surface area contributed by atoms with E-state index < -0.39 is 0 Å². The predicted octanol–water partition coefficient (Wildman–Crippen LogP) is 3.46. The van der Waals surface area contributed by atoms with Gasteiger partial charge in [-0.15, -0.1) is 0 Å². The monoisotopic (exact) mass is 325 g/mol. The van der Waals surface area contributed by atoms with E-state index in [1.165, 1.54) is 12.0 Å². The van der Waals surface area contributed by atoms with Crippen LogP contribution < -0.4 is 14.8 Å². The van der Waals surface area contributed by atoms with Gasteiger partial charge in [-0.25, -0.2) is 0 Å². The molecule has 104 valence electrons. The van der Waals surface area contributed by atoms with Gasteiger partial charge in [-0.2, -0.15) is 0 Å². The summed E-state index contributed by atoms with van der Waals surface area (Å²) in [5.41, 5.74) is 1.35. The molecule has 0 radical (unpaired) electrons. The lowest BCUT2D eigenvalue weighted by atomic mass is 9.89. The van der Waals surface area contributed by atoms with Crippen molar-refractivity contribution in [2.45, 2.75) is 44.7 Å². The molecule has 1 saturated heterocycles. The number of ether oxygens (including phenoxy) is 2. The maximum atomic E-state index is 5.72. The van der Waals surface area contributed by atoms with Crippen molar-refractivity contribution >= 4 is 15.9 Å². The summed E-state index contributed by atoms with van der Waals surface area (Å²) < 4.78 is 12.4. The fourth-order valence-electron chi connectivity index (χ4n) is 3.21. The SMILES string of the molecule is CCC1NC(C)CC1c1cc(Br)c2c(c1)OCCO2. The summed E-state index contributed by atoms with van der Waals surface area (Å²) in [6.45, 7) is 5.77. The summed E-state index contributed by atoms with van der Waals surface area (Å²) in [4.78, 5) is 0. The van der Waals surface area contributed by atoms with E-state index in [9.17, 15) is 0 Å². The number of fused-ring (bicyclic) bond motifs is 1. The Hall–Kier alpha value is -0.740. The minimum absolute atomic E-state index is 0.560. The second-order valence-electron chi connectivity index (χ2n) is 5.45. The van der Waals surface area contributed by atoms with Gasteiger partial charge in [-0.05, 0) is 53.4 Å². The fraction of sp³-hybridized carbons (Fsp3) is 0.600. The molecule has 2 aliphatic heterocycles. The minimum atomic E-state index is 0.560. The smallest absolute Gasteiger partial charge is 0.175 e. The molecule has 0 spiro atoms. The highest BCUT2D eigenvalue weighted by molar-refractivity contribution is 9.10. The normalized spacial score (nSPS) is 29.5. The topological polar surface area (TPSA) is 30.5 Å². The average molecular weight is 326 g/mol. The first-order valence-electron chi connectivity index (χ1n) is 7.04. The van der Waals surface area contributed by atoms with Gasteiger partial charge in [-0.3, -0.25) is 0 Å². The van der Waals surface area contributed by atoms with Gasteiger partial charge >= 0.3 is 0 Å². The van der Waals surface area contributed by atoms with Gasteiger partial charge in [0.15, 0.2) is 11.5 Å². The molecule has 0 saturated carbocycles. The van der Waals surface area contributed by atoms with Crippen molar-refractivity contribution in [3.05, 3.63) is 22.2 Å². The number of halogens is 1. The van der Waals surface area contributed by atoms with Crippen LogP contribution in [-0.4, -0.2) is 25.3 Å². The zero-order chi connectivity index (χ0) is 13.4. The van der Waals surface area contributed by atoms with Gasteiger partial charge < -0.3 is 14.8 Å². The molecule has 1 fully saturated rings. The zero-order valence-corrected chi connectivity index (χ0v) is 13.0. The van der Waals surface area contributed by atoms with Crippen LogP contribution in [0.25, 0.3) is 0 Å². The quantitative estimate of drug-likeness (QED) is 0.903. The molecule has 0 amide bonds. The first kappa shape index (κ1) is 13.3. The Bertz CT molecular complexity index is 477. The van der Waals surface area contributed by atoms with Crippen molar-refractivity contribution in [2.24, 2.45) is 0 Å². The van der Waals surface area contributed by atoms with Gasteiger partial charge in [-0.1, -0.05) is 6.92 Å². The first-order chi connectivity index (χ1) is 9.19. The van der Waals surface area contributed by atoms with Crippen LogP contribution in [0.5, 0.6) is 11.5 Å². The second-order valence-corrected chi connectivity index (χ2v) is 6.31. The molecule has 1 aromatic rings. The molecule has 3 unspecified atom stereocenters. The van der Waals surface area contributed by atoms with Gasteiger partial charge in [0.25, 0.3) is 0 Å². The van der Waals surface area contributed by atoms with Crippen molar-refractivity contribution in [3.8, 4) is 11.5 Å². The summed E-state index contributed by atoms with van der Waals surface area (Å²) in [5.74, 6) is 2.29. The molecule has 2 aliphatic rings. The highest BCUT2D eigenvalue weighted by Gasteiger charge is 2.32. The van der Waals surface area contributed by atoms with Gasteiger partial charge in [0.2, 0.25) is 0 Å². The molecular formula is C15H20BrNO2. The van der Waals surface area contributed by atoms with Crippen LogP contribution >= 0.6 is 15.9 Å². The van der Waals surface area contributed by atoms with E-state index in [4.69, 9.17) is 9.47 Å². The molecular weight excluding hydrogens is 306 g/mol. The van der Waals surface area contributed by atoms with E-state index in [-0.39, 0.29) is 0 Å². The Balaban J connectivity index is 1.94. The number of rotatable bonds is 2. The van der Waals surface area contributed by atoms with Crippen LogP contribution in [0.15, 0.2) is 16.6 Å². The number of hydrogen-bond donors (Lipinski definition) is 1. The third kappa shape index (κ3) is 2.48. The molecule has 3 atom stereocenters. The Labute approximate surface area is 122 Å². The summed E-state index contributed by atoms with van der Waals surface area (Å²) >= 11 is 3.61. The van der Waals surface area contributed by atoms with Crippen molar-refractivity contribution in [1.29, 1.82) is 0 Å². The van der Waals surface area contributed by atoms with Crippen molar-refractivity contribution in [1.82, 2.24) is 5.32 Å². The second kappa shape index (κ2) is 5.33. The van der Waals surface area contributed by atoms with E-state index >= 15 is 0 Å². The molecule has 2 heterocycles. The Kier molecular flexibility index (Phi) is 3.72. The molecule has 0 aliphatic carbocycles. The lowest BCUT2D eigenvalue weighted by molar-refractivity contribution is 0.170. The molecule has 19 heavy (non-hydrogen) atoms. The maximum absolute atomic E-state index is 5.72. The summed E-state index contributed by atoms with van der Waals surface area (Å²) in [6, 6.07) is 5.50. The van der Waals surface area contributed by atoms with E-state index in [0.717, 1.165) is 22.4 Å². The molecule has 0 bridgehead atoms. The van der Waals surface area contributed by atoms with Gasteiger partial charge in [0.05, 0.1) is 4.47 Å². The Morgan fingerprint density at radius 3 is 2.89 bits per heavy atom. The van der Waals surface area contributed by atoms with Gasteiger partial charge in [0, 0.05) is 18.0 Å². The highest BCUT2D eigenvalue weighted by Crippen LogP contribution is 2.43. The number of hydrogen-bond acceptors (Lipinski definition) is 3. The molecule has 1 aromatic carbocycles. The van der Waals surface area contributed by atoms with Crippen LogP contribution in [0.2, 0.25) is 0 Å². The fourth-order valence-corrected chi connectivity index (χ4v) is 3.78. The molecule has 3 rings (SSSR count). The maximum Gasteiger partial charge on any atom is 0.175 e. The standard InChI is InChI=1S/C15H20BrNO2/c1-3-13-11(6-9(2)17-13)10-7-12(16)15-14(8-10)18-4-5-19-15/h7-9,11,13,17H,3-6H2,1-2H3. The van der Waals surface area contributed by atoms with E-state index in [2.05, 4.69) is 47.2 Å². The summed E-state index contributed by atoms with van der Waals surface area (Å²) in [5, 5.41) is 3.66. The van der Waals surface area contributed by atoms with E-state index in [0.29, 0.717) is 31.2 Å². The van der Waals surface area contributed by atoms with Crippen LogP contribution in [0.3, 0.4) is 0 Å². The summed E-state index contributed by atoms with van der Waals surface area (Å²) in [7, 11) is 0. The minimum Gasteiger partial charge on any atom is -0.486 e. The first-order valence-corrected chi connectivity index (χ1v) is 7.83. The molecule has 1 N–H and O–H groups in total. The van der Waals surface area contributed by atoms with Crippen LogP contribution in [-0.2, 0) is 0 Å². The largest absolute Gasteiger partial charge is 0.486 e. The third-order valence-electron chi connectivity index (χ3n) is 4.08. The van der Waals surface area contributed by atoms with Gasteiger partial charge in [0.1, 0.15) is 13.2 Å². The number of benzene rings is 1. The van der Waals surface area contributed by atoms with Crippen LogP contribution in [0.4, 0.5) is 0 Å². The van der Waals surface area contributed by atoms with Crippen molar-refractivity contribution in [3.63, 3.8) is 0 Å². The van der Waals surface area contributed by atoms with Crippen molar-refractivity contribution in [2.75, 3.05) is 13.2 Å². The summed E-state index contributed by atoms with van der Waals surface area (Å²) in [6.07, 6.45) is 2.34. The Morgan fingerprint density at radius 2 is 2.11 bits per heavy atom. The third-order valence-corrected chi connectivity index (χ3v) is 4.67. The van der Waals surface area contributed by atoms with Crippen LogP contribution in [0.1, 0.15) is 38.2 Å². The molecule has 4 heteroatoms. The van der Waals surface area contributed by atoms with E-state index in [1.807, 2.05) is 0 Å². The molecule has 0 aromatic heterocycles. The lowest BCUT2D eigenvalue weighted by Crippen LogP contribution is -2.28. The van der Waals surface area contributed by atoms with E-state index in [1.54, 1.807) is 0 Å². The average Bonchev–Trinajstić information content (AvgIpc) is 2.80. The van der Waals surface area contributed by atoms with Crippen molar-refractivity contribution < 1.29 is 9.47 Å². The van der Waals surface area contributed by atoms with Crippen LogP contribution in [0, 0.1) is 0 Å². The Morgan fingerprint density at radius 1 is 1.32 bits per heavy atom. The highest BCUT2D eigenvalue weighted by atomic mass is 79.9. The number of nitrogens with one attached hydrogen (secondary N) is 1. The lowest BCUT2D eigenvalue weighted by Gasteiger charge is -2.24. The molecule has 3 nitrogen and oxygen atoms in total. The predicted molar refractivity (Wildman–Crippen MR) is 79.2 cm³/mol.